The van der Waals surface area contributed by atoms with E-state index < -0.39 is 11.6 Å². The van der Waals surface area contributed by atoms with Crippen LogP contribution in [0.3, 0.4) is 0 Å². The maximum atomic E-state index is 13.1. The largest absolute Gasteiger partial charge is 0.466 e. The van der Waals surface area contributed by atoms with Crippen LogP contribution in [0.2, 0.25) is 0 Å². The van der Waals surface area contributed by atoms with Crippen molar-refractivity contribution < 1.29 is 14.0 Å². The van der Waals surface area contributed by atoms with Crippen LogP contribution in [-0.4, -0.2) is 26.6 Å². The van der Waals surface area contributed by atoms with Gasteiger partial charge in [-0.05, 0) is 64.4 Å². The predicted octanol–water partition coefficient (Wildman–Crippen LogP) is 3.67. The minimum atomic E-state index is -1.12. The van der Waals surface area contributed by atoms with E-state index in [1.54, 1.807) is 19.9 Å². The predicted molar refractivity (Wildman–Crippen MR) is 108 cm³/mol. The SMILES string of the molecule is Cc1cc(C)n(-c2ccc(CN3C(=O)NC(C)(c4cc(C)oc4C)C3=O)cc2)n1. The number of hydrogen-bond acceptors (Lipinski definition) is 4. The molecule has 1 unspecified atom stereocenters. The monoisotopic (exact) mass is 392 g/mol. The van der Waals surface area contributed by atoms with E-state index in [2.05, 4.69) is 10.4 Å². The lowest BCUT2D eigenvalue weighted by Gasteiger charge is -2.21. The number of imide groups is 1. The second-order valence-electron chi connectivity index (χ2n) is 7.78. The second kappa shape index (κ2) is 6.62. The third kappa shape index (κ3) is 3.12. The Balaban J connectivity index is 1.57. The van der Waals surface area contributed by atoms with Crippen LogP contribution in [0.4, 0.5) is 4.79 Å². The van der Waals surface area contributed by atoms with Gasteiger partial charge in [0.15, 0.2) is 0 Å². The topological polar surface area (TPSA) is 80.4 Å². The zero-order chi connectivity index (χ0) is 20.9. The number of hydrogen-bond donors (Lipinski definition) is 1. The molecule has 1 N–H and O–H groups in total. The summed E-state index contributed by atoms with van der Waals surface area (Å²) in [7, 11) is 0. The van der Waals surface area contributed by atoms with E-state index in [1.165, 1.54) is 4.90 Å². The molecule has 0 bridgehead atoms. The molecule has 3 heterocycles. The van der Waals surface area contributed by atoms with Crippen LogP contribution < -0.4 is 5.32 Å². The molecule has 1 saturated heterocycles. The number of amides is 3. The highest BCUT2D eigenvalue weighted by atomic mass is 16.3. The Morgan fingerprint density at radius 3 is 2.31 bits per heavy atom. The Bertz CT molecular complexity index is 1110. The van der Waals surface area contributed by atoms with Crippen LogP contribution in [0.5, 0.6) is 0 Å². The zero-order valence-electron chi connectivity index (χ0n) is 17.2. The van der Waals surface area contributed by atoms with Crippen LogP contribution in [0.15, 0.2) is 40.8 Å². The summed E-state index contributed by atoms with van der Waals surface area (Å²) in [5.74, 6) is 1.06. The summed E-state index contributed by atoms with van der Waals surface area (Å²) < 4.78 is 7.43. The lowest BCUT2D eigenvalue weighted by Crippen LogP contribution is -2.41. The average Bonchev–Trinajstić information content (AvgIpc) is 3.25. The molecule has 3 aromatic rings. The zero-order valence-corrected chi connectivity index (χ0v) is 17.2. The van der Waals surface area contributed by atoms with Crippen LogP contribution in [0, 0.1) is 27.7 Å². The van der Waals surface area contributed by atoms with Crippen molar-refractivity contribution in [2.75, 3.05) is 0 Å². The highest BCUT2D eigenvalue weighted by Gasteiger charge is 2.50. The molecule has 1 atom stereocenters. The van der Waals surface area contributed by atoms with Gasteiger partial charge in [0.1, 0.15) is 17.1 Å². The second-order valence-corrected chi connectivity index (χ2v) is 7.78. The van der Waals surface area contributed by atoms with Crippen molar-refractivity contribution in [2.24, 2.45) is 0 Å². The molecule has 0 radical (unpaired) electrons. The van der Waals surface area contributed by atoms with E-state index in [-0.39, 0.29) is 12.5 Å². The van der Waals surface area contributed by atoms with E-state index in [0.29, 0.717) is 17.1 Å². The molecule has 0 aliphatic carbocycles. The summed E-state index contributed by atoms with van der Waals surface area (Å²) >= 11 is 0. The maximum absolute atomic E-state index is 13.1. The number of carbonyl (C=O) groups excluding carboxylic acids is 2. The van der Waals surface area contributed by atoms with Crippen LogP contribution >= 0.6 is 0 Å². The van der Waals surface area contributed by atoms with Gasteiger partial charge < -0.3 is 9.73 Å². The Morgan fingerprint density at radius 1 is 1.07 bits per heavy atom. The first kappa shape index (κ1) is 19.0. The Morgan fingerprint density at radius 2 is 1.76 bits per heavy atom. The van der Waals surface area contributed by atoms with Gasteiger partial charge in [0.05, 0.1) is 17.9 Å². The molecule has 7 heteroatoms. The van der Waals surface area contributed by atoms with Crippen LogP contribution in [0.25, 0.3) is 5.69 Å². The lowest BCUT2D eigenvalue weighted by molar-refractivity contribution is -0.131. The number of urea groups is 1. The minimum Gasteiger partial charge on any atom is -0.466 e. The number of furan rings is 1. The molecule has 1 fully saturated rings. The fourth-order valence-electron chi connectivity index (χ4n) is 3.97. The van der Waals surface area contributed by atoms with Crippen molar-refractivity contribution in [3.8, 4) is 5.69 Å². The number of benzene rings is 1. The number of carbonyl (C=O) groups is 2. The van der Waals surface area contributed by atoms with Gasteiger partial charge in [-0.15, -0.1) is 0 Å². The van der Waals surface area contributed by atoms with Crippen molar-refractivity contribution in [3.63, 3.8) is 0 Å². The van der Waals surface area contributed by atoms with Gasteiger partial charge in [0.2, 0.25) is 0 Å². The van der Waals surface area contributed by atoms with Crippen LogP contribution in [0.1, 0.15) is 41.0 Å². The first-order valence-corrected chi connectivity index (χ1v) is 9.53. The molecular formula is C22H24N4O3. The number of aromatic nitrogens is 2. The van der Waals surface area contributed by atoms with Gasteiger partial charge in [0, 0.05) is 11.3 Å². The summed E-state index contributed by atoms with van der Waals surface area (Å²) in [5, 5.41) is 7.31. The highest BCUT2D eigenvalue weighted by Crippen LogP contribution is 2.33. The third-order valence-electron chi connectivity index (χ3n) is 5.39. The van der Waals surface area contributed by atoms with E-state index in [4.69, 9.17) is 4.42 Å². The summed E-state index contributed by atoms with van der Waals surface area (Å²) in [6.07, 6.45) is 0. The standard InChI is InChI=1S/C22H24N4O3/c1-13-10-14(2)26(24-13)18-8-6-17(7-9-18)12-25-20(27)22(5,23-21(25)28)19-11-15(3)29-16(19)4/h6-11H,12H2,1-5H3,(H,23,28). The molecule has 150 valence electrons. The van der Waals surface area contributed by atoms with Gasteiger partial charge in [0.25, 0.3) is 5.91 Å². The summed E-state index contributed by atoms with van der Waals surface area (Å²) in [6, 6.07) is 11.1. The number of nitrogens with zero attached hydrogens (tertiary/aromatic N) is 3. The summed E-state index contributed by atoms with van der Waals surface area (Å²) in [5.41, 5.74) is 3.37. The average molecular weight is 392 g/mol. The van der Waals surface area contributed by atoms with E-state index in [9.17, 15) is 9.59 Å². The molecule has 3 amide bonds. The molecule has 7 nitrogen and oxygen atoms in total. The highest BCUT2D eigenvalue weighted by molar-refractivity contribution is 6.07. The first-order valence-electron chi connectivity index (χ1n) is 9.53. The van der Waals surface area contributed by atoms with Crippen molar-refractivity contribution in [2.45, 2.75) is 46.7 Å². The number of rotatable bonds is 4. The quantitative estimate of drug-likeness (QED) is 0.687. The van der Waals surface area contributed by atoms with Crippen LogP contribution in [-0.2, 0) is 16.9 Å². The van der Waals surface area contributed by atoms with Crippen molar-refractivity contribution in [3.05, 3.63) is 70.4 Å². The molecule has 4 rings (SSSR count). The molecule has 0 saturated carbocycles. The summed E-state index contributed by atoms with van der Waals surface area (Å²) in [6.45, 7) is 9.50. The fourth-order valence-corrected chi connectivity index (χ4v) is 3.97. The van der Waals surface area contributed by atoms with E-state index in [1.807, 2.05) is 55.8 Å². The lowest BCUT2D eigenvalue weighted by atomic mass is 9.92. The first-order chi connectivity index (χ1) is 13.7. The molecule has 1 aliphatic heterocycles. The van der Waals surface area contributed by atoms with Gasteiger partial charge in [-0.3, -0.25) is 9.69 Å². The number of nitrogens with one attached hydrogen (secondary N) is 1. The van der Waals surface area contributed by atoms with Gasteiger partial charge in [-0.25, -0.2) is 9.48 Å². The molecule has 1 aromatic carbocycles. The number of aryl methyl sites for hydroxylation is 4. The normalized spacial score (nSPS) is 19.1. The van der Waals surface area contributed by atoms with Gasteiger partial charge in [-0.2, -0.15) is 5.10 Å². The van der Waals surface area contributed by atoms with Crippen molar-refractivity contribution in [1.29, 1.82) is 0 Å². The minimum absolute atomic E-state index is 0.202. The Labute approximate surface area is 169 Å². The maximum Gasteiger partial charge on any atom is 0.325 e. The third-order valence-corrected chi connectivity index (χ3v) is 5.39. The summed E-state index contributed by atoms with van der Waals surface area (Å²) in [4.78, 5) is 27.0. The fraction of sp³-hybridized carbons (Fsp3) is 0.318. The van der Waals surface area contributed by atoms with Gasteiger partial charge in [-0.1, -0.05) is 12.1 Å². The molecule has 1 aliphatic rings. The Kier molecular flexibility index (Phi) is 4.33. The Hall–Kier alpha value is -3.35. The smallest absolute Gasteiger partial charge is 0.325 e. The van der Waals surface area contributed by atoms with Gasteiger partial charge >= 0.3 is 6.03 Å². The molecule has 0 spiro atoms. The van der Waals surface area contributed by atoms with E-state index in [0.717, 1.165) is 22.6 Å². The molecular weight excluding hydrogens is 368 g/mol. The molecule has 2 aromatic heterocycles. The molecule has 29 heavy (non-hydrogen) atoms. The van der Waals surface area contributed by atoms with E-state index >= 15 is 0 Å². The van der Waals surface area contributed by atoms with Crippen molar-refractivity contribution in [1.82, 2.24) is 20.0 Å². The van der Waals surface area contributed by atoms with Crippen molar-refractivity contribution >= 4 is 11.9 Å².